The maximum absolute atomic E-state index is 12.7. The predicted molar refractivity (Wildman–Crippen MR) is 84.9 cm³/mol. The molecule has 128 valence electrons. The molecule has 0 saturated carbocycles. The number of rotatable bonds is 2. The molecule has 0 radical (unpaired) electrons. The van der Waals surface area contributed by atoms with Crippen molar-refractivity contribution < 1.29 is 17.9 Å². The van der Waals surface area contributed by atoms with E-state index in [2.05, 4.69) is 9.97 Å². The molecule has 1 amide bonds. The first kappa shape index (κ1) is 17.7. The first-order valence-corrected chi connectivity index (χ1v) is 9.08. The summed E-state index contributed by atoms with van der Waals surface area (Å²) in [5.74, 6) is 0. The molecule has 0 N–H and O–H groups in total. The van der Waals surface area contributed by atoms with Crippen LogP contribution in [0.5, 0.6) is 0 Å². The van der Waals surface area contributed by atoms with Crippen molar-refractivity contribution in [3.05, 3.63) is 17.5 Å². The molecular formula is C15H23N3O4S. The number of amides is 1. The van der Waals surface area contributed by atoms with Crippen molar-refractivity contribution in [2.75, 3.05) is 13.1 Å². The lowest BCUT2D eigenvalue weighted by atomic mass is 10.2. The molecule has 0 spiro atoms. The van der Waals surface area contributed by atoms with Crippen LogP contribution in [0.25, 0.3) is 0 Å². The van der Waals surface area contributed by atoms with Crippen LogP contribution >= 0.6 is 0 Å². The standard InChI is InChI=1S/C15H23N3O4S/c1-10-8-11(2)17-13(16-10)23(20,21)12-6-7-18(9-12)14(19)22-15(3,4)5/h8,12H,6-7,9H2,1-5H3. The zero-order chi connectivity index (χ0) is 17.4. The Labute approximate surface area is 137 Å². The van der Waals surface area contributed by atoms with Crippen LogP contribution in [0.1, 0.15) is 38.6 Å². The van der Waals surface area contributed by atoms with E-state index in [9.17, 15) is 13.2 Å². The molecule has 0 bridgehead atoms. The minimum absolute atomic E-state index is 0.105. The number of nitrogens with zero attached hydrogens (tertiary/aromatic N) is 3. The van der Waals surface area contributed by atoms with Gasteiger partial charge < -0.3 is 9.64 Å². The van der Waals surface area contributed by atoms with Crippen LogP contribution in [-0.2, 0) is 14.6 Å². The van der Waals surface area contributed by atoms with Crippen molar-refractivity contribution in [3.8, 4) is 0 Å². The highest BCUT2D eigenvalue weighted by atomic mass is 32.2. The molecular weight excluding hydrogens is 318 g/mol. The first-order valence-electron chi connectivity index (χ1n) is 7.53. The molecule has 1 aliphatic rings. The van der Waals surface area contributed by atoms with Crippen molar-refractivity contribution in [3.63, 3.8) is 0 Å². The molecule has 1 aromatic rings. The van der Waals surface area contributed by atoms with Gasteiger partial charge in [0.1, 0.15) is 5.60 Å². The Bertz CT molecular complexity index is 690. The molecule has 1 saturated heterocycles. The van der Waals surface area contributed by atoms with Gasteiger partial charge in [-0.3, -0.25) is 0 Å². The summed E-state index contributed by atoms with van der Waals surface area (Å²) in [7, 11) is -3.67. The van der Waals surface area contributed by atoms with E-state index in [1.165, 1.54) is 4.90 Å². The van der Waals surface area contributed by atoms with Gasteiger partial charge in [0, 0.05) is 24.5 Å². The number of carbonyl (C=O) groups excluding carboxylic acids is 1. The highest BCUT2D eigenvalue weighted by Crippen LogP contribution is 2.23. The van der Waals surface area contributed by atoms with E-state index < -0.39 is 26.8 Å². The van der Waals surface area contributed by atoms with Crippen molar-refractivity contribution >= 4 is 15.9 Å². The molecule has 8 heteroatoms. The second-order valence-corrected chi connectivity index (χ2v) is 8.94. The van der Waals surface area contributed by atoms with E-state index in [4.69, 9.17) is 4.74 Å². The maximum atomic E-state index is 12.7. The lowest BCUT2D eigenvalue weighted by molar-refractivity contribution is 0.0295. The summed E-state index contributed by atoms with van der Waals surface area (Å²) in [6.45, 7) is 9.25. The average molecular weight is 341 g/mol. The molecule has 23 heavy (non-hydrogen) atoms. The molecule has 2 heterocycles. The molecule has 0 aliphatic carbocycles. The van der Waals surface area contributed by atoms with Gasteiger partial charge in [0.05, 0.1) is 5.25 Å². The van der Waals surface area contributed by atoms with Gasteiger partial charge in [-0.2, -0.15) is 0 Å². The molecule has 1 atom stereocenters. The number of ether oxygens (including phenoxy) is 1. The highest BCUT2D eigenvalue weighted by molar-refractivity contribution is 7.91. The summed E-state index contributed by atoms with van der Waals surface area (Å²) < 4.78 is 30.7. The van der Waals surface area contributed by atoms with Gasteiger partial charge in [-0.1, -0.05) is 0 Å². The normalized spacial score (nSPS) is 19.0. The fraction of sp³-hybridized carbons (Fsp3) is 0.667. The van der Waals surface area contributed by atoms with Crippen molar-refractivity contribution in [2.24, 2.45) is 0 Å². The first-order chi connectivity index (χ1) is 10.5. The third kappa shape index (κ3) is 4.19. The largest absolute Gasteiger partial charge is 0.444 e. The second-order valence-electron chi connectivity index (χ2n) is 6.82. The SMILES string of the molecule is Cc1cc(C)nc(S(=O)(=O)C2CCN(C(=O)OC(C)(C)C)C2)n1. The summed E-state index contributed by atoms with van der Waals surface area (Å²) in [6.07, 6.45) is -0.130. The van der Waals surface area contributed by atoms with Crippen LogP contribution in [0.3, 0.4) is 0 Å². The number of hydrogen-bond acceptors (Lipinski definition) is 6. The molecule has 1 unspecified atom stereocenters. The van der Waals surface area contributed by atoms with E-state index in [0.29, 0.717) is 24.4 Å². The maximum Gasteiger partial charge on any atom is 0.410 e. The Morgan fingerprint density at radius 1 is 1.26 bits per heavy atom. The summed E-state index contributed by atoms with van der Waals surface area (Å²) in [5.41, 5.74) is 0.612. The van der Waals surface area contributed by atoms with Gasteiger partial charge >= 0.3 is 6.09 Å². The zero-order valence-corrected chi connectivity index (χ0v) is 15.0. The van der Waals surface area contributed by atoms with Crippen LogP contribution in [0.4, 0.5) is 4.79 Å². The Balaban J connectivity index is 2.15. The fourth-order valence-corrected chi connectivity index (χ4v) is 4.08. The van der Waals surface area contributed by atoms with Gasteiger partial charge in [-0.15, -0.1) is 0 Å². The Kier molecular flexibility index (Phi) is 4.66. The number of hydrogen-bond donors (Lipinski definition) is 0. The van der Waals surface area contributed by atoms with Crippen LogP contribution in [-0.4, -0.2) is 53.3 Å². The number of carbonyl (C=O) groups is 1. The third-order valence-corrected chi connectivity index (χ3v) is 5.41. The Morgan fingerprint density at radius 2 is 1.83 bits per heavy atom. The van der Waals surface area contributed by atoms with E-state index >= 15 is 0 Å². The number of aromatic nitrogens is 2. The van der Waals surface area contributed by atoms with Gasteiger partial charge in [0.25, 0.3) is 0 Å². The fourth-order valence-electron chi connectivity index (χ4n) is 2.44. The zero-order valence-electron chi connectivity index (χ0n) is 14.2. The van der Waals surface area contributed by atoms with Crippen molar-refractivity contribution in [2.45, 2.75) is 57.0 Å². The molecule has 0 aromatic carbocycles. The van der Waals surface area contributed by atoms with Gasteiger partial charge in [-0.25, -0.2) is 23.2 Å². The van der Waals surface area contributed by atoms with E-state index in [1.54, 1.807) is 40.7 Å². The molecule has 2 rings (SSSR count). The molecule has 1 fully saturated rings. The number of aryl methyl sites for hydroxylation is 2. The van der Waals surface area contributed by atoms with Crippen molar-refractivity contribution in [1.82, 2.24) is 14.9 Å². The van der Waals surface area contributed by atoms with Gasteiger partial charge in [-0.05, 0) is 47.1 Å². The second kappa shape index (κ2) is 6.07. The van der Waals surface area contributed by atoms with Crippen LogP contribution in [0, 0.1) is 13.8 Å². The summed E-state index contributed by atoms with van der Waals surface area (Å²) in [4.78, 5) is 21.6. The summed E-state index contributed by atoms with van der Waals surface area (Å²) in [6, 6.07) is 1.72. The number of likely N-dealkylation sites (tertiary alicyclic amines) is 1. The quantitative estimate of drug-likeness (QED) is 0.763. The van der Waals surface area contributed by atoms with Crippen LogP contribution < -0.4 is 0 Å². The minimum Gasteiger partial charge on any atom is -0.444 e. The average Bonchev–Trinajstić information content (AvgIpc) is 2.85. The lowest BCUT2D eigenvalue weighted by Crippen LogP contribution is -2.37. The van der Waals surface area contributed by atoms with E-state index in [0.717, 1.165) is 0 Å². The molecule has 1 aliphatic heterocycles. The third-order valence-electron chi connectivity index (χ3n) is 3.45. The van der Waals surface area contributed by atoms with Gasteiger partial charge in [0.15, 0.2) is 0 Å². The van der Waals surface area contributed by atoms with E-state index in [1.807, 2.05) is 0 Å². The lowest BCUT2D eigenvalue weighted by Gasteiger charge is -2.24. The molecule has 7 nitrogen and oxygen atoms in total. The Morgan fingerprint density at radius 3 is 2.35 bits per heavy atom. The highest BCUT2D eigenvalue weighted by Gasteiger charge is 2.39. The number of sulfone groups is 1. The summed E-state index contributed by atoms with van der Waals surface area (Å²) >= 11 is 0. The van der Waals surface area contributed by atoms with Crippen LogP contribution in [0.2, 0.25) is 0 Å². The molecule has 1 aromatic heterocycles. The van der Waals surface area contributed by atoms with Gasteiger partial charge in [0.2, 0.25) is 15.0 Å². The predicted octanol–water partition coefficient (Wildman–Crippen LogP) is 1.88. The Hall–Kier alpha value is -1.70. The van der Waals surface area contributed by atoms with Crippen molar-refractivity contribution in [1.29, 1.82) is 0 Å². The minimum atomic E-state index is -3.67. The van der Waals surface area contributed by atoms with E-state index in [-0.39, 0.29) is 11.7 Å². The van der Waals surface area contributed by atoms with Crippen LogP contribution in [0.15, 0.2) is 11.2 Å². The monoisotopic (exact) mass is 341 g/mol. The topological polar surface area (TPSA) is 89.5 Å². The summed E-state index contributed by atoms with van der Waals surface area (Å²) in [5, 5.41) is -0.859. The smallest absolute Gasteiger partial charge is 0.410 e.